The standard InChI is InChI=1S/C11H14N4O/c1-7-2-3-9-10(13-7)15(11(12)14-9)8-4-5-16-6-8/h2-3,8H,4-6H2,1H3,(H2,12,14). The summed E-state index contributed by atoms with van der Waals surface area (Å²) < 4.78 is 7.38. The van der Waals surface area contributed by atoms with Crippen molar-refractivity contribution in [2.24, 2.45) is 0 Å². The van der Waals surface area contributed by atoms with Crippen LogP contribution in [0.1, 0.15) is 18.2 Å². The van der Waals surface area contributed by atoms with Crippen molar-refractivity contribution < 1.29 is 4.74 Å². The molecule has 3 heterocycles. The van der Waals surface area contributed by atoms with Crippen molar-refractivity contribution >= 4 is 17.1 Å². The molecule has 84 valence electrons. The number of nitrogen functional groups attached to an aromatic ring is 1. The molecule has 3 rings (SSSR count). The number of nitrogens with two attached hydrogens (primary N) is 1. The molecule has 5 nitrogen and oxygen atoms in total. The van der Waals surface area contributed by atoms with E-state index in [1.807, 2.05) is 23.6 Å². The highest BCUT2D eigenvalue weighted by Crippen LogP contribution is 2.26. The monoisotopic (exact) mass is 218 g/mol. The first-order valence-electron chi connectivity index (χ1n) is 5.44. The number of aryl methyl sites for hydroxylation is 1. The van der Waals surface area contributed by atoms with Gasteiger partial charge in [0.1, 0.15) is 5.52 Å². The summed E-state index contributed by atoms with van der Waals surface area (Å²) in [5.74, 6) is 0.531. The first-order chi connectivity index (χ1) is 7.75. The lowest BCUT2D eigenvalue weighted by Crippen LogP contribution is -2.12. The summed E-state index contributed by atoms with van der Waals surface area (Å²) >= 11 is 0. The molecule has 5 heteroatoms. The molecule has 2 aromatic rings. The minimum absolute atomic E-state index is 0.277. The Kier molecular flexibility index (Phi) is 2.07. The topological polar surface area (TPSA) is 66.0 Å². The summed E-state index contributed by atoms with van der Waals surface area (Å²) in [5.41, 5.74) is 8.64. The fourth-order valence-corrected chi connectivity index (χ4v) is 2.17. The van der Waals surface area contributed by atoms with Gasteiger partial charge in [0.05, 0.1) is 12.6 Å². The van der Waals surface area contributed by atoms with E-state index in [4.69, 9.17) is 10.5 Å². The van der Waals surface area contributed by atoms with Gasteiger partial charge < -0.3 is 10.5 Å². The normalized spacial score (nSPS) is 20.7. The summed E-state index contributed by atoms with van der Waals surface area (Å²) in [7, 11) is 0. The zero-order valence-corrected chi connectivity index (χ0v) is 9.18. The van der Waals surface area contributed by atoms with E-state index in [9.17, 15) is 0 Å². The van der Waals surface area contributed by atoms with Gasteiger partial charge in [-0.1, -0.05) is 0 Å². The number of hydrogen-bond donors (Lipinski definition) is 1. The molecule has 1 atom stereocenters. The second kappa shape index (κ2) is 3.45. The molecule has 16 heavy (non-hydrogen) atoms. The van der Waals surface area contributed by atoms with Gasteiger partial charge in [-0.15, -0.1) is 0 Å². The zero-order chi connectivity index (χ0) is 11.1. The summed E-state index contributed by atoms with van der Waals surface area (Å²) in [5, 5.41) is 0. The Morgan fingerprint density at radius 3 is 3.06 bits per heavy atom. The third-order valence-electron chi connectivity index (χ3n) is 2.97. The smallest absolute Gasteiger partial charge is 0.202 e. The third kappa shape index (κ3) is 1.36. The number of anilines is 1. The Bertz CT molecular complexity index is 528. The van der Waals surface area contributed by atoms with Gasteiger partial charge in [0, 0.05) is 12.3 Å². The van der Waals surface area contributed by atoms with Crippen LogP contribution in [0.2, 0.25) is 0 Å². The first kappa shape index (κ1) is 9.59. The maximum Gasteiger partial charge on any atom is 0.202 e. The second-order valence-electron chi connectivity index (χ2n) is 4.15. The van der Waals surface area contributed by atoms with Gasteiger partial charge in [-0.3, -0.25) is 4.57 Å². The predicted molar refractivity (Wildman–Crippen MR) is 61.2 cm³/mol. The van der Waals surface area contributed by atoms with Crippen molar-refractivity contribution in [3.05, 3.63) is 17.8 Å². The van der Waals surface area contributed by atoms with E-state index < -0.39 is 0 Å². The predicted octanol–water partition coefficient (Wildman–Crippen LogP) is 1.28. The number of ether oxygens (including phenoxy) is 1. The van der Waals surface area contributed by atoms with Crippen molar-refractivity contribution in [2.75, 3.05) is 18.9 Å². The van der Waals surface area contributed by atoms with Crippen LogP contribution in [0, 0.1) is 6.92 Å². The van der Waals surface area contributed by atoms with Gasteiger partial charge in [-0.2, -0.15) is 0 Å². The van der Waals surface area contributed by atoms with Crippen LogP contribution in [0.4, 0.5) is 5.95 Å². The van der Waals surface area contributed by atoms with Gasteiger partial charge in [0.15, 0.2) is 5.65 Å². The van der Waals surface area contributed by atoms with E-state index in [-0.39, 0.29) is 6.04 Å². The Labute approximate surface area is 93.2 Å². The number of imidazole rings is 1. The van der Waals surface area contributed by atoms with E-state index in [0.717, 1.165) is 29.9 Å². The van der Waals surface area contributed by atoms with E-state index >= 15 is 0 Å². The number of rotatable bonds is 1. The number of aromatic nitrogens is 3. The molecule has 0 spiro atoms. The molecule has 1 aliphatic rings. The summed E-state index contributed by atoms with van der Waals surface area (Å²) in [6.45, 7) is 3.46. The van der Waals surface area contributed by atoms with Gasteiger partial charge in [-0.05, 0) is 25.5 Å². The lowest BCUT2D eigenvalue weighted by molar-refractivity contribution is 0.187. The fourth-order valence-electron chi connectivity index (χ4n) is 2.17. The van der Waals surface area contributed by atoms with Crippen molar-refractivity contribution in [1.29, 1.82) is 0 Å². The summed E-state index contributed by atoms with van der Waals surface area (Å²) in [4.78, 5) is 8.83. The molecule has 0 radical (unpaired) electrons. The highest BCUT2D eigenvalue weighted by Gasteiger charge is 2.22. The highest BCUT2D eigenvalue weighted by molar-refractivity contribution is 5.74. The molecule has 0 amide bonds. The van der Waals surface area contributed by atoms with Crippen LogP contribution >= 0.6 is 0 Å². The molecule has 0 aliphatic carbocycles. The second-order valence-corrected chi connectivity index (χ2v) is 4.15. The van der Waals surface area contributed by atoms with Crippen LogP contribution < -0.4 is 5.73 Å². The summed E-state index contributed by atoms with van der Waals surface area (Å²) in [6, 6.07) is 4.18. The minimum Gasteiger partial charge on any atom is -0.379 e. The maximum atomic E-state index is 5.94. The average Bonchev–Trinajstić information content (AvgIpc) is 2.83. The van der Waals surface area contributed by atoms with E-state index in [1.165, 1.54) is 0 Å². The molecule has 2 N–H and O–H groups in total. The van der Waals surface area contributed by atoms with Crippen LogP contribution in [-0.4, -0.2) is 27.7 Å². The van der Waals surface area contributed by atoms with Crippen LogP contribution in [0.3, 0.4) is 0 Å². The first-order valence-corrected chi connectivity index (χ1v) is 5.44. The van der Waals surface area contributed by atoms with Crippen molar-refractivity contribution in [3.8, 4) is 0 Å². The van der Waals surface area contributed by atoms with Crippen LogP contribution in [-0.2, 0) is 4.74 Å². The number of fused-ring (bicyclic) bond motifs is 1. The quantitative estimate of drug-likeness (QED) is 0.783. The molecule has 1 saturated heterocycles. The van der Waals surface area contributed by atoms with E-state index in [1.54, 1.807) is 0 Å². The lowest BCUT2D eigenvalue weighted by atomic mass is 10.2. The molecule has 2 aromatic heterocycles. The number of hydrogen-bond acceptors (Lipinski definition) is 4. The number of pyridine rings is 1. The SMILES string of the molecule is Cc1ccc2nc(N)n(C3CCOC3)c2n1. The fraction of sp³-hybridized carbons (Fsp3) is 0.455. The molecule has 1 fully saturated rings. The van der Waals surface area contributed by atoms with E-state index in [2.05, 4.69) is 9.97 Å². The third-order valence-corrected chi connectivity index (χ3v) is 2.97. The van der Waals surface area contributed by atoms with Gasteiger partial charge in [0.2, 0.25) is 5.95 Å². The molecule has 1 unspecified atom stereocenters. The Morgan fingerprint density at radius 1 is 1.44 bits per heavy atom. The summed E-state index contributed by atoms with van der Waals surface area (Å²) in [6.07, 6.45) is 0.977. The zero-order valence-electron chi connectivity index (χ0n) is 9.18. The molecule has 1 aliphatic heterocycles. The lowest BCUT2D eigenvalue weighted by Gasteiger charge is -2.11. The van der Waals surface area contributed by atoms with Crippen LogP contribution in [0.15, 0.2) is 12.1 Å². The molecule has 0 saturated carbocycles. The molecular formula is C11H14N4O. The highest BCUT2D eigenvalue weighted by atomic mass is 16.5. The average molecular weight is 218 g/mol. The number of nitrogens with zero attached hydrogens (tertiary/aromatic N) is 3. The molecular weight excluding hydrogens is 204 g/mol. The van der Waals surface area contributed by atoms with Crippen molar-refractivity contribution in [3.63, 3.8) is 0 Å². The van der Waals surface area contributed by atoms with E-state index in [0.29, 0.717) is 12.6 Å². The maximum absolute atomic E-state index is 5.94. The Hall–Kier alpha value is -1.62. The van der Waals surface area contributed by atoms with Gasteiger partial charge in [-0.25, -0.2) is 9.97 Å². The van der Waals surface area contributed by atoms with Crippen LogP contribution in [0.25, 0.3) is 11.2 Å². The van der Waals surface area contributed by atoms with Crippen LogP contribution in [0.5, 0.6) is 0 Å². The molecule has 0 aromatic carbocycles. The van der Waals surface area contributed by atoms with Gasteiger partial charge >= 0.3 is 0 Å². The van der Waals surface area contributed by atoms with Gasteiger partial charge in [0.25, 0.3) is 0 Å². The Morgan fingerprint density at radius 2 is 2.31 bits per heavy atom. The largest absolute Gasteiger partial charge is 0.379 e. The Balaban J connectivity index is 2.20. The minimum atomic E-state index is 0.277. The van der Waals surface area contributed by atoms with Crippen molar-refractivity contribution in [2.45, 2.75) is 19.4 Å². The molecule has 0 bridgehead atoms. The van der Waals surface area contributed by atoms with Crippen molar-refractivity contribution in [1.82, 2.24) is 14.5 Å².